The zero-order chi connectivity index (χ0) is 12.4. The molecule has 0 radical (unpaired) electrons. The van der Waals surface area contributed by atoms with Crippen LogP contribution in [0, 0.1) is 0 Å². The van der Waals surface area contributed by atoms with Gasteiger partial charge in [-0.15, -0.1) is 0 Å². The number of benzene rings is 1. The number of nitrogens with one attached hydrogen (secondary N) is 1. The van der Waals surface area contributed by atoms with E-state index < -0.39 is 0 Å². The Bertz CT molecular complexity index is 510. The van der Waals surface area contributed by atoms with E-state index in [2.05, 4.69) is 33.3 Å². The van der Waals surface area contributed by atoms with Gasteiger partial charge in [0.1, 0.15) is 0 Å². The summed E-state index contributed by atoms with van der Waals surface area (Å²) in [6.45, 7) is 1.94. The molecule has 4 heteroatoms. The van der Waals surface area contributed by atoms with E-state index in [9.17, 15) is 5.11 Å². The number of hydrogen-bond donors (Lipinski definition) is 2. The SMILES string of the molecule is OCC1c2ccccc2CCN1Cc1ccn[nH]1. The van der Waals surface area contributed by atoms with Gasteiger partial charge in [0.25, 0.3) is 0 Å². The van der Waals surface area contributed by atoms with Gasteiger partial charge in [-0.3, -0.25) is 10.00 Å². The van der Waals surface area contributed by atoms with Crippen LogP contribution in [-0.4, -0.2) is 33.4 Å². The Balaban J connectivity index is 1.85. The monoisotopic (exact) mass is 243 g/mol. The van der Waals surface area contributed by atoms with Crippen LogP contribution in [0.25, 0.3) is 0 Å². The summed E-state index contributed by atoms with van der Waals surface area (Å²) in [6, 6.07) is 10.5. The molecule has 2 N–H and O–H groups in total. The fraction of sp³-hybridized carbons (Fsp3) is 0.357. The summed E-state index contributed by atoms with van der Waals surface area (Å²) < 4.78 is 0. The van der Waals surface area contributed by atoms with Crippen LogP contribution in [0.3, 0.4) is 0 Å². The Morgan fingerprint density at radius 1 is 1.33 bits per heavy atom. The highest BCUT2D eigenvalue weighted by atomic mass is 16.3. The third kappa shape index (κ3) is 2.05. The maximum absolute atomic E-state index is 9.67. The van der Waals surface area contributed by atoms with Crippen LogP contribution in [0.1, 0.15) is 22.9 Å². The first-order valence-corrected chi connectivity index (χ1v) is 6.29. The molecule has 0 saturated heterocycles. The van der Waals surface area contributed by atoms with Gasteiger partial charge in [0.15, 0.2) is 0 Å². The van der Waals surface area contributed by atoms with E-state index in [-0.39, 0.29) is 12.6 Å². The number of aliphatic hydroxyl groups is 1. The van der Waals surface area contributed by atoms with E-state index in [0.29, 0.717) is 0 Å². The highest BCUT2D eigenvalue weighted by Gasteiger charge is 2.26. The summed E-state index contributed by atoms with van der Waals surface area (Å²) in [5, 5.41) is 16.6. The summed E-state index contributed by atoms with van der Waals surface area (Å²) in [6.07, 6.45) is 2.81. The first-order chi connectivity index (χ1) is 8.88. The molecule has 94 valence electrons. The molecule has 18 heavy (non-hydrogen) atoms. The summed E-state index contributed by atoms with van der Waals surface area (Å²) >= 11 is 0. The van der Waals surface area contributed by atoms with Gasteiger partial charge in [-0.25, -0.2) is 0 Å². The molecular weight excluding hydrogens is 226 g/mol. The van der Waals surface area contributed by atoms with Gasteiger partial charge in [-0.2, -0.15) is 5.10 Å². The molecule has 1 aromatic carbocycles. The molecule has 1 aliphatic heterocycles. The summed E-state index contributed by atoms with van der Waals surface area (Å²) in [5.74, 6) is 0. The van der Waals surface area contributed by atoms with Crippen LogP contribution in [0.4, 0.5) is 0 Å². The molecule has 0 spiro atoms. The lowest BCUT2D eigenvalue weighted by atomic mass is 9.93. The second-order valence-electron chi connectivity index (χ2n) is 4.70. The van der Waals surface area contributed by atoms with Crippen LogP contribution < -0.4 is 0 Å². The molecule has 1 unspecified atom stereocenters. The Hall–Kier alpha value is -1.65. The van der Waals surface area contributed by atoms with Crippen molar-refractivity contribution in [2.75, 3.05) is 13.2 Å². The lowest BCUT2D eigenvalue weighted by Gasteiger charge is -2.36. The molecule has 1 aliphatic rings. The summed E-state index contributed by atoms with van der Waals surface area (Å²) in [5.41, 5.74) is 3.70. The molecule has 0 saturated carbocycles. The minimum absolute atomic E-state index is 0.0956. The number of nitrogens with zero attached hydrogens (tertiary/aromatic N) is 2. The minimum atomic E-state index is 0.0956. The van der Waals surface area contributed by atoms with Gasteiger partial charge in [0.05, 0.1) is 12.6 Å². The molecule has 4 nitrogen and oxygen atoms in total. The lowest BCUT2D eigenvalue weighted by molar-refractivity contribution is 0.107. The van der Waals surface area contributed by atoms with Crippen molar-refractivity contribution in [3.05, 3.63) is 53.3 Å². The average molecular weight is 243 g/mol. The highest BCUT2D eigenvalue weighted by Crippen LogP contribution is 2.30. The molecule has 3 rings (SSSR count). The van der Waals surface area contributed by atoms with Crippen molar-refractivity contribution >= 4 is 0 Å². The molecule has 0 aliphatic carbocycles. The number of aliphatic hydroxyl groups excluding tert-OH is 1. The van der Waals surface area contributed by atoms with Crippen molar-refractivity contribution in [3.63, 3.8) is 0 Å². The molecular formula is C14H17N3O. The molecule has 0 bridgehead atoms. The molecule has 0 amide bonds. The van der Waals surface area contributed by atoms with Gasteiger partial charge in [-0.05, 0) is 23.6 Å². The largest absolute Gasteiger partial charge is 0.394 e. The van der Waals surface area contributed by atoms with E-state index >= 15 is 0 Å². The van der Waals surface area contributed by atoms with Crippen LogP contribution in [0.5, 0.6) is 0 Å². The minimum Gasteiger partial charge on any atom is -0.394 e. The van der Waals surface area contributed by atoms with Crippen LogP contribution in [0.15, 0.2) is 36.5 Å². The van der Waals surface area contributed by atoms with Gasteiger partial charge in [-0.1, -0.05) is 24.3 Å². The normalized spacial score (nSPS) is 19.7. The van der Waals surface area contributed by atoms with E-state index in [1.54, 1.807) is 6.20 Å². The molecule has 0 fully saturated rings. The van der Waals surface area contributed by atoms with Crippen molar-refractivity contribution in [2.45, 2.75) is 19.0 Å². The average Bonchev–Trinajstić information content (AvgIpc) is 2.91. The van der Waals surface area contributed by atoms with Gasteiger partial charge in [0, 0.05) is 25.0 Å². The van der Waals surface area contributed by atoms with Crippen molar-refractivity contribution < 1.29 is 5.11 Å². The smallest absolute Gasteiger partial charge is 0.0628 e. The standard InChI is InChI=1S/C14H17N3O/c18-10-14-13-4-2-1-3-11(13)6-8-17(14)9-12-5-7-15-16-12/h1-5,7,14,18H,6,8-10H2,(H,15,16). The van der Waals surface area contributed by atoms with Crippen molar-refractivity contribution in [1.82, 2.24) is 15.1 Å². The third-order valence-electron chi connectivity index (χ3n) is 3.63. The number of aromatic amines is 1. The maximum atomic E-state index is 9.67. The van der Waals surface area contributed by atoms with Gasteiger partial charge >= 0.3 is 0 Å². The van der Waals surface area contributed by atoms with Crippen molar-refractivity contribution in [1.29, 1.82) is 0 Å². The zero-order valence-electron chi connectivity index (χ0n) is 10.2. The number of fused-ring (bicyclic) bond motifs is 1. The molecule has 2 aromatic rings. The predicted molar refractivity (Wildman–Crippen MR) is 69.0 cm³/mol. The Morgan fingerprint density at radius 3 is 3.00 bits per heavy atom. The van der Waals surface area contributed by atoms with E-state index in [0.717, 1.165) is 25.2 Å². The quantitative estimate of drug-likeness (QED) is 0.859. The number of rotatable bonds is 3. The van der Waals surface area contributed by atoms with Crippen LogP contribution in [-0.2, 0) is 13.0 Å². The lowest BCUT2D eigenvalue weighted by Crippen LogP contribution is -2.36. The first-order valence-electron chi connectivity index (χ1n) is 6.29. The van der Waals surface area contributed by atoms with Crippen molar-refractivity contribution in [3.8, 4) is 0 Å². The zero-order valence-corrected chi connectivity index (χ0v) is 10.2. The molecule has 2 heterocycles. The fourth-order valence-corrected chi connectivity index (χ4v) is 2.70. The second-order valence-corrected chi connectivity index (χ2v) is 4.70. The number of hydrogen-bond acceptors (Lipinski definition) is 3. The predicted octanol–water partition coefficient (Wildman–Crippen LogP) is 1.50. The first kappa shape index (κ1) is 11.4. The van der Waals surface area contributed by atoms with E-state index in [1.165, 1.54) is 11.1 Å². The van der Waals surface area contributed by atoms with Gasteiger partial charge in [0.2, 0.25) is 0 Å². The Kier molecular flexibility index (Phi) is 3.13. The fourth-order valence-electron chi connectivity index (χ4n) is 2.70. The Labute approximate surface area is 106 Å². The van der Waals surface area contributed by atoms with Crippen molar-refractivity contribution in [2.24, 2.45) is 0 Å². The molecule has 1 atom stereocenters. The van der Waals surface area contributed by atoms with Gasteiger partial charge < -0.3 is 5.11 Å². The highest BCUT2D eigenvalue weighted by molar-refractivity contribution is 5.32. The summed E-state index contributed by atoms with van der Waals surface area (Å²) in [7, 11) is 0. The second kappa shape index (κ2) is 4.92. The maximum Gasteiger partial charge on any atom is 0.0628 e. The number of H-pyrrole nitrogens is 1. The molecule has 1 aromatic heterocycles. The topological polar surface area (TPSA) is 52.1 Å². The van der Waals surface area contributed by atoms with Crippen LogP contribution in [0.2, 0.25) is 0 Å². The van der Waals surface area contributed by atoms with Crippen LogP contribution >= 0.6 is 0 Å². The third-order valence-corrected chi connectivity index (χ3v) is 3.63. The number of aromatic nitrogens is 2. The Morgan fingerprint density at radius 2 is 2.22 bits per heavy atom. The summed E-state index contributed by atoms with van der Waals surface area (Å²) in [4.78, 5) is 2.30. The van der Waals surface area contributed by atoms with E-state index in [1.807, 2.05) is 12.1 Å². The van der Waals surface area contributed by atoms with E-state index in [4.69, 9.17) is 0 Å².